The number of benzene rings is 1. The summed E-state index contributed by atoms with van der Waals surface area (Å²) in [5.41, 5.74) is 2.44. The Labute approximate surface area is 96.9 Å². The highest BCUT2D eigenvalue weighted by Gasteiger charge is 2.46. The lowest BCUT2D eigenvalue weighted by Crippen LogP contribution is -2.52. The number of hydrogen-bond donors (Lipinski definition) is 0. The molecule has 16 heavy (non-hydrogen) atoms. The average Bonchev–Trinajstić information content (AvgIpc) is 2.23. The van der Waals surface area contributed by atoms with Crippen LogP contribution < -0.4 is 0 Å². The van der Waals surface area contributed by atoms with E-state index in [0.717, 1.165) is 6.42 Å². The van der Waals surface area contributed by atoms with Crippen LogP contribution in [0.2, 0.25) is 0 Å². The highest BCUT2D eigenvalue weighted by Crippen LogP contribution is 2.41. The van der Waals surface area contributed by atoms with Gasteiger partial charge in [-0.05, 0) is 18.9 Å². The van der Waals surface area contributed by atoms with E-state index in [0.29, 0.717) is 13.2 Å². The van der Waals surface area contributed by atoms with Gasteiger partial charge in [-0.1, -0.05) is 36.8 Å². The molecule has 0 N–H and O–H groups in total. The van der Waals surface area contributed by atoms with Gasteiger partial charge in [-0.2, -0.15) is 5.26 Å². The van der Waals surface area contributed by atoms with Crippen LogP contribution in [0.4, 0.5) is 0 Å². The number of ether oxygens (including phenoxy) is 1. The fraction of sp³-hybridized carbons (Fsp3) is 0.500. The van der Waals surface area contributed by atoms with Gasteiger partial charge in [0.15, 0.2) is 0 Å². The molecule has 1 aromatic carbocycles. The van der Waals surface area contributed by atoms with Crippen LogP contribution in [0, 0.1) is 24.2 Å². The standard InChI is InChI=1S/C14H17NO/c1-3-12(8-15)14(9-16-10-14)13-6-4-5-11(2)7-13/h4-7,12H,3,9-10H2,1-2H3. The first-order chi connectivity index (χ1) is 7.73. The quantitative estimate of drug-likeness (QED) is 0.776. The minimum Gasteiger partial charge on any atom is -0.379 e. The van der Waals surface area contributed by atoms with E-state index in [1.807, 2.05) is 0 Å². The number of nitrogens with zero attached hydrogens (tertiary/aromatic N) is 1. The van der Waals surface area contributed by atoms with Crippen molar-refractivity contribution in [2.75, 3.05) is 13.2 Å². The number of nitriles is 1. The molecule has 2 heteroatoms. The highest BCUT2D eigenvalue weighted by atomic mass is 16.5. The molecule has 1 unspecified atom stereocenters. The first-order valence-electron chi connectivity index (χ1n) is 5.77. The molecule has 0 aromatic heterocycles. The third-order valence-corrected chi connectivity index (χ3v) is 3.54. The maximum atomic E-state index is 9.25. The Balaban J connectivity index is 2.39. The second-order valence-electron chi connectivity index (χ2n) is 4.61. The molecule has 0 aliphatic carbocycles. The number of rotatable bonds is 3. The Morgan fingerprint density at radius 3 is 2.69 bits per heavy atom. The zero-order chi connectivity index (χ0) is 11.6. The van der Waals surface area contributed by atoms with Gasteiger partial charge < -0.3 is 4.74 Å². The first kappa shape index (κ1) is 11.2. The van der Waals surface area contributed by atoms with Crippen molar-refractivity contribution in [1.29, 1.82) is 5.26 Å². The summed E-state index contributed by atoms with van der Waals surface area (Å²) in [6.45, 7) is 5.53. The summed E-state index contributed by atoms with van der Waals surface area (Å²) in [5.74, 6) is 0.0584. The molecular formula is C14H17NO. The highest BCUT2D eigenvalue weighted by molar-refractivity contribution is 5.34. The largest absolute Gasteiger partial charge is 0.379 e. The maximum Gasteiger partial charge on any atom is 0.0666 e. The van der Waals surface area contributed by atoms with Crippen LogP contribution in [0.25, 0.3) is 0 Å². The summed E-state index contributed by atoms with van der Waals surface area (Å²) in [4.78, 5) is 0. The van der Waals surface area contributed by atoms with Crippen LogP contribution in [0.3, 0.4) is 0 Å². The number of hydrogen-bond acceptors (Lipinski definition) is 2. The first-order valence-corrected chi connectivity index (χ1v) is 5.77. The summed E-state index contributed by atoms with van der Waals surface area (Å²) in [5, 5.41) is 9.25. The molecule has 84 valence electrons. The summed E-state index contributed by atoms with van der Waals surface area (Å²) in [6, 6.07) is 10.9. The molecule has 1 heterocycles. The lowest BCUT2D eigenvalue weighted by Gasteiger charge is -2.45. The van der Waals surface area contributed by atoms with Crippen LogP contribution in [-0.2, 0) is 10.2 Å². The lowest BCUT2D eigenvalue weighted by molar-refractivity contribution is -0.0805. The van der Waals surface area contributed by atoms with Gasteiger partial charge in [0.1, 0.15) is 0 Å². The predicted octanol–water partition coefficient (Wildman–Crippen LogP) is 2.81. The van der Waals surface area contributed by atoms with Crippen molar-refractivity contribution < 1.29 is 4.74 Å². The smallest absolute Gasteiger partial charge is 0.0666 e. The third kappa shape index (κ3) is 1.62. The lowest BCUT2D eigenvalue weighted by atomic mass is 9.68. The Kier molecular flexibility index (Phi) is 2.98. The van der Waals surface area contributed by atoms with E-state index < -0.39 is 0 Å². The van der Waals surface area contributed by atoms with E-state index in [9.17, 15) is 5.26 Å². The number of aryl methyl sites for hydroxylation is 1. The van der Waals surface area contributed by atoms with E-state index in [1.54, 1.807) is 0 Å². The fourth-order valence-electron chi connectivity index (χ4n) is 2.45. The normalized spacial score (nSPS) is 19.6. The van der Waals surface area contributed by atoms with Gasteiger partial charge >= 0.3 is 0 Å². The van der Waals surface area contributed by atoms with Crippen LogP contribution in [0.1, 0.15) is 24.5 Å². The van der Waals surface area contributed by atoms with Crippen molar-refractivity contribution in [3.8, 4) is 6.07 Å². The van der Waals surface area contributed by atoms with Gasteiger partial charge in [-0.25, -0.2) is 0 Å². The molecular weight excluding hydrogens is 198 g/mol. The van der Waals surface area contributed by atoms with Crippen LogP contribution in [-0.4, -0.2) is 13.2 Å². The van der Waals surface area contributed by atoms with E-state index in [-0.39, 0.29) is 11.3 Å². The van der Waals surface area contributed by atoms with Crippen molar-refractivity contribution in [1.82, 2.24) is 0 Å². The molecule has 0 saturated carbocycles. The molecule has 1 aromatic rings. The molecule has 0 radical (unpaired) electrons. The molecule has 1 atom stereocenters. The second kappa shape index (κ2) is 4.27. The minimum atomic E-state index is -0.0600. The van der Waals surface area contributed by atoms with E-state index in [1.165, 1.54) is 11.1 Å². The zero-order valence-electron chi connectivity index (χ0n) is 9.86. The fourth-order valence-corrected chi connectivity index (χ4v) is 2.45. The van der Waals surface area contributed by atoms with Gasteiger partial charge in [0.25, 0.3) is 0 Å². The molecule has 1 aliphatic rings. The molecule has 0 bridgehead atoms. The third-order valence-electron chi connectivity index (χ3n) is 3.54. The Morgan fingerprint density at radius 1 is 1.50 bits per heavy atom. The molecule has 1 fully saturated rings. The van der Waals surface area contributed by atoms with E-state index in [2.05, 4.69) is 44.2 Å². The van der Waals surface area contributed by atoms with Crippen LogP contribution in [0.15, 0.2) is 24.3 Å². The molecule has 0 amide bonds. The predicted molar refractivity (Wildman–Crippen MR) is 63.1 cm³/mol. The van der Waals surface area contributed by atoms with Gasteiger partial charge in [0, 0.05) is 0 Å². The van der Waals surface area contributed by atoms with Crippen molar-refractivity contribution in [2.45, 2.75) is 25.7 Å². The van der Waals surface area contributed by atoms with E-state index in [4.69, 9.17) is 4.74 Å². The van der Waals surface area contributed by atoms with Crippen LogP contribution >= 0.6 is 0 Å². The van der Waals surface area contributed by atoms with Crippen molar-refractivity contribution in [2.24, 2.45) is 5.92 Å². The SMILES string of the molecule is CCC(C#N)C1(c2cccc(C)c2)COC1. The molecule has 1 saturated heterocycles. The van der Waals surface area contributed by atoms with Crippen molar-refractivity contribution in [3.63, 3.8) is 0 Å². The van der Waals surface area contributed by atoms with Crippen LogP contribution in [0.5, 0.6) is 0 Å². The summed E-state index contributed by atoms with van der Waals surface area (Å²) >= 11 is 0. The maximum absolute atomic E-state index is 9.25. The summed E-state index contributed by atoms with van der Waals surface area (Å²) in [7, 11) is 0. The Bertz CT molecular complexity index is 415. The Hall–Kier alpha value is -1.33. The summed E-state index contributed by atoms with van der Waals surface area (Å²) < 4.78 is 5.37. The monoisotopic (exact) mass is 215 g/mol. The van der Waals surface area contributed by atoms with Gasteiger partial charge in [-0.15, -0.1) is 0 Å². The minimum absolute atomic E-state index is 0.0584. The van der Waals surface area contributed by atoms with Gasteiger partial charge in [0.05, 0.1) is 30.6 Å². The second-order valence-corrected chi connectivity index (χ2v) is 4.61. The Morgan fingerprint density at radius 2 is 2.25 bits per heavy atom. The molecule has 2 nitrogen and oxygen atoms in total. The zero-order valence-corrected chi connectivity index (χ0v) is 9.86. The van der Waals surface area contributed by atoms with Gasteiger partial charge in [-0.3, -0.25) is 0 Å². The molecule has 1 aliphatic heterocycles. The summed E-state index contributed by atoms with van der Waals surface area (Å²) in [6.07, 6.45) is 0.883. The molecule has 2 rings (SSSR count). The van der Waals surface area contributed by atoms with Crippen molar-refractivity contribution >= 4 is 0 Å². The van der Waals surface area contributed by atoms with E-state index >= 15 is 0 Å². The topological polar surface area (TPSA) is 33.0 Å². The van der Waals surface area contributed by atoms with Crippen molar-refractivity contribution in [3.05, 3.63) is 35.4 Å². The average molecular weight is 215 g/mol. The van der Waals surface area contributed by atoms with Gasteiger partial charge in [0.2, 0.25) is 0 Å². The molecule has 0 spiro atoms.